The number of ether oxygens (including phenoxy) is 1. The lowest BCUT2D eigenvalue weighted by molar-refractivity contribution is 0.313. The average molecular weight is 355 g/mol. The highest BCUT2D eigenvalue weighted by Crippen LogP contribution is 2.35. The molecule has 1 aromatic rings. The molecule has 0 atom stereocenters. The van der Waals surface area contributed by atoms with Gasteiger partial charge in [0.15, 0.2) is 5.75 Å². The minimum Gasteiger partial charge on any atom is -0.490 e. The lowest BCUT2D eigenvalue weighted by Crippen LogP contribution is -2.14. The Hall–Kier alpha value is -0.560. The maximum atomic E-state index is 11.5. The number of primary sulfonamides is 1. The Morgan fingerprint density at radius 2 is 2.17 bits per heavy atom. The Balaban J connectivity index is 3.13. The molecule has 2 N–H and O–H groups in total. The van der Waals surface area contributed by atoms with Crippen molar-refractivity contribution in [3.63, 3.8) is 0 Å². The largest absolute Gasteiger partial charge is 0.490 e. The number of hydrogen-bond donors (Lipinski definition) is 1. The highest BCUT2D eigenvalue weighted by Gasteiger charge is 2.19. The van der Waals surface area contributed by atoms with Crippen molar-refractivity contribution in [2.75, 3.05) is 6.61 Å². The molecule has 1 aromatic carbocycles. The fraction of sp³-hybridized carbons (Fsp3) is 0.273. The van der Waals surface area contributed by atoms with E-state index in [1.54, 1.807) is 6.07 Å². The van der Waals surface area contributed by atoms with Crippen LogP contribution in [0.4, 0.5) is 0 Å². The first-order valence-corrected chi connectivity index (χ1v) is 7.72. The number of nitrogens with two attached hydrogens (primary N) is 1. The van der Waals surface area contributed by atoms with Gasteiger partial charge in [-0.25, -0.2) is 13.6 Å². The van der Waals surface area contributed by atoms with Crippen molar-refractivity contribution in [1.82, 2.24) is 0 Å². The van der Waals surface area contributed by atoms with Crippen molar-refractivity contribution >= 4 is 37.6 Å². The van der Waals surface area contributed by atoms with Gasteiger partial charge in [-0.05, 0) is 19.1 Å². The molecule has 0 unspecified atom stereocenters. The molecule has 0 radical (unpaired) electrons. The molecule has 0 aliphatic rings. The smallest absolute Gasteiger partial charge is 0.241 e. The zero-order chi connectivity index (χ0) is 13.9. The fourth-order valence-electron chi connectivity index (χ4n) is 1.22. The lowest BCUT2D eigenvalue weighted by atomic mass is 10.2. The summed E-state index contributed by atoms with van der Waals surface area (Å²) in [4.78, 5) is -0.136. The molecule has 0 spiro atoms. The quantitative estimate of drug-likeness (QED) is 0.826. The Morgan fingerprint density at radius 3 is 2.67 bits per heavy atom. The Bertz CT molecular complexity index is 572. The molecule has 0 amide bonds. The first-order chi connectivity index (χ1) is 8.21. The molecule has 4 nitrogen and oxygen atoms in total. The van der Waals surface area contributed by atoms with Crippen LogP contribution in [0.3, 0.4) is 0 Å². The molecule has 7 heteroatoms. The molecule has 100 valence electrons. The fourth-order valence-corrected chi connectivity index (χ4v) is 3.01. The van der Waals surface area contributed by atoms with Crippen LogP contribution in [0.5, 0.6) is 5.75 Å². The van der Waals surface area contributed by atoms with E-state index in [1.165, 1.54) is 6.07 Å². The second-order valence-corrected chi connectivity index (χ2v) is 6.67. The summed E-state index contributed by atoms with van der Waals surface area (Å²) < 4.78 is 28.8. The van der Waals surface area contributed by atoms with Crippen LogP contribution < -0.4 is 9.88 Å². The monoisotopic (exact) mass is 353 g/mol. The SMILES string of the molecule is C=C(C)CCOc1c(Cl)cc(Br)cc1S(N)(=O)=O. The van der Waals surface area contributed by atoms with Crippen LogP contribution in [-0.4, -0.2) is 15.0 Å². The van der Waals surface area contributed by atoms with Gasteiger partial charge in [0.1, 0.15) is 4.90 Å². The molecular weight excluding hydrogens is 342 g/mol. The van der Waals surface area contributed by atoms with E-state index in [1.807, 2.05) is 6.92 Å². The zero-order valence-corrected chi connectivity index (χ0v) is 12.9. The molecular formula is C11H13BrClNO3S. The van der Waals surface area contributed by atoms with Gasteiger partial charge in [0.25, 0.3) is 0 Å². The van der Waals surface area contributed by atoms with Gasteiger partial charge in [-0.2, -0.15) is 0 Å². The molecule has 18 heavy (non-hydrogen) atoms. The van der Waals surface area contributed by atoms with Crippen molar-refractivity contribution in [3.05, 3.63) is 33.8 Å². The van der Waals surface area contributed by atoms with E-state index in [2.05, 4.69) is 22.5 Å². The minimum atomic E-state index is -3.89. The standard InChI is InChI=1S/C11H13BrClNO3S/c1-7(2)3-4-17-11-9(13)5-8(12)6-10(11)18(14,15)16/h5-6H,1,3-4H2,2H3,(H2,14,15,16). The number of rotatable bonds is 5. The Kier molecular flexibility index (Phi) is 5.21. The van der Waals surface area contributed by atoms with E-state index >= 15 is 0 Å². The summed E-state index contributed by atoms with van der Waals surface area (Å²) in [6.45, 7) is 5.88. The lowest BCUT2D eigenvalue weighted by Gasteiger charge is -2.12. The molecule has 0 saturated heterocycles. The van der Waals surface area contributed by atoms with Gasteiger partial charge in [-0.1, -0.05) is 33.1 Å². The summed E-state index contributed by atoms with van der Waals surface area (Å²) >= 11 is 9.12. The maximum absolute atomic E-state index is 11.5. The highest BCUT2D eigenvalue weighted by atomic mass is 79.9. The normalized spacial score (nSPS) is 11.3. The van der Waals surface area contributed by atoms with E-state index in [4.69, 9.17) is 21.5 Å². The van der Waals surface area contributed by atoms with Crippen molar-refractivity contribution in [2.24, 2.45) is 5.14 Å². The first kappa shape index (κ1) is 15.5. The van der Waals surface area contributed by atoms with Crippen LogP contribution in [0.1, 0.15) is 13.3 Å². The van der Waals surface area contributed by atoms with Crippen LogP contribution in [0, 0.1) is 0 Å². The van der Waals surface area contributed by atoms with Crippen molar-refractivity contribution in [3.8, 4) is 5.75 Å². The van der Waals surface area contributed by atoms with E-state index in [0.717, 1.165) is 5.57 Å². The predicted octanol–water partition coefficient (Wildman–Crippen LogP) is 3.09. The van der Waals surface area contributed by atoms with E-state index in [-0.39, 0.29) is 15.7 Å². The van der Waals surface area contributed by atoms with Gasteiger partial charge in [-0.15, -0.1) is 6.58 Å². The van der Waals surface area contributed by atoms with Crippen LogP contribution in [0.15, 0.2) is 33.7 Å². The zero-order valence-electron chi connectivity index (χ0n) is 9.74. The van der Waals surface area contributed by atoms with Crippen molar-refractivity contribution in [1.29, 1.82) is 0 Å². The third kappa shape index (κ3) is 4.28. The Labute approximate surface area is 120 Å². The number of sulfonamides is 1. The van der Waals surface area contributed by atoms with E-state index in [9.17, 15) is 8.42 Å². The number of halogens is 2. The molecule has 0 saturated carbocycles. The summed E-state index contributed by atoms with van der Waals surface area (Å²) in [7, 11) is -3.89. The first-order valence-electron chi connectivity index (χ1n) is 5.01. The maximum Gasteiger partial charge on any atom is 0.241 e. The third-order valence-electron chi connectivity index (χ3n) is 2.06. The summed E-state index contributed by atoms with van der Waals surface area (Å²) in [5, 5.41) is 5.31. The second kappa shape index (κ2) is 6.06. The summed E-state index contributed by atoms with van der Waals surface area (Å²) in [6, 6.07) is 2.91. The van der Waals surface area contributed by atoms with Crippen LogP contribution in [-0.2, 0) is 10.0 Å². The molecule has 0 aliphatic heterocycles. The van der Waals surface area contributed by atoms with E-state index in [0.29, 0.717) is 17.5 Å². The number of benzene rings is 1. The van der Waals surface area contributed by atoms with Gasteiger partial charge in [-0.3, -0.25) is 0 Å². The van der Waals surface area contributed by atoms with E-state index < -0.39 is 10.0 Å². The predicted molar refractivity (Wildman–Crippen MR) is 75.5 cm³/mol. The third-order valence-corrected chi connectivity index (χ3v) is 3.71. The highest BCUT2D eigenvalue weighted by molar-refractivity contribution is 9.10. The molecule has 0 fully saturated rings. The van der Waals surface area contributed by atoms with Gasteiger partial charge in [0.2, 0.25) is 10.0 Å². The van der Waals surface area contributed by atoms with Crippen LogP contribution in [0.2, 0.25) is 5.02 Å². The van der Waals surface area contributed by atoms with Gasteiger partial charge in [0, 0.05) is 10.9 Å². The molecule has 0 heterocycles. The van der Waals surface area contributed by atoms with Crippen molar-refractivity contribution < 1.29 is 13.2 Å². The molecule has 0 bridgehead atoms. The van der Waals surface area contributed by atoms with Crippen molar-refractivity contribution in [2.45, 2.75) is 18.2 Å². The minimum absolute atomic E-state index is 0.0728. The molecule has 0 aromatic heterocycles. The van der Waals surface area contributed by atoms with Crippen LogP contribution in [0.25, 0.3) is 0 Å². The second-order valence-electron chi connectivity index (χ2n) is 3.82. The summed E-state index contributed by atoms with van der Waals surface area (Å²) in [5.74, 6) is 0.0728. The summed E-state index contributed by atoms with van der Waals surface area (Å²) in [5.41, 5.74) is 0.931. The summed E-state index contributed by atoms with van der Waals surface area (Å²) in [6.07, 6.45) is 0.608. The topological polar surface area (TPSA) is 69.4 Å². The molecule has 0 aliphatic carbocycles. The Morgan fingerprint density at radius 1 is 1.56 bits per heavy atom. The van der Waals surface area contributed by atoms with Crippen LogP contribution >= 0.6 is 27.5 Å². The van der Waals surface area contributed by atoms with Gasteiger partial charge >= 0.3 is 0 Å². The van der Waals surface area contributed by atoms with Gasteiger partial charge < -0.3 is 4.74 Å². The number of hydrogen-bond acceptors (Lipinski definition) is 3. The van der Waals surface area contributed by atoms with Gasteiger partial charge in [0.05, 0.1) is 11.6 Å². The molecule has 1 rings (SSSR count). The average Bonchev–Trinajstić information content (AvgIpc) is 2.18.